The second-order valence-electron chi connectivity index (χ2n) is 16.4. The van der Waals surface area contributed by atoms with E-state index in [1.807, 2.05) is 51.1 Å². The van der Waals surface area contributed by atoms with Crippen LogP contribution in [0.15, 0.2) is 99.6 Å². The molecule has 63 heavy (non-hydrogen) atoms. The molecule has 0 heterocycles. The Hall–Kier alpha value is -5.39. The lowest BCUT2D eigenvalue weighted by Gasteiger charge is -2.26. The Balaban J connectivity index is 1.52. The lowest BCUT2D eigenvalue weighted by Crippen LogP contribution is -2.14. The van der Waals surface area contributed by atoms with Gasteiger partial charge in [0.2, 0.25) is 0 Å². The van der Waals surface area contributed by atoms with E-state index in [2.05, 4.69) is 44.3 Å². The minimum Gasteiger partial charge on any atom is -0.506 e. The highest BCUT2D eigenvalue weighted by Crippen LogP contribution is 2.42. The van der Waals surface area contributed by atoms with Crippen molar-refractivity contribution < 1.29 is 49.1 Å². The Morgan fingerprint density at radius 1 is 0.524 bits per heavy atom. The fraction of sp³-hybridized carbons (Fsp3) is 0.250. The largest absolute Gasteiger partial charge is 0.506 e. The number of nitrogens with one attached hydrogen (secondary N) is 1. The summed E-state index contributed by atoms with van der Waals surface area (Å²) in [5.74, 6) is -1.58. The number of phenols is 1. The van der Waals surface area contributed by atoms with Gasteiger partial charge < -0.3 is 15.5 Å². The van der Waals surface area contributed by atoms with Crippen LogP contribution in [0.25, 0.3) is 0 Å². The summed E-state index contributed by atoms with van der Waals surface area (Å²) in [5.41, 5.74) is 12.4. The number of aryl methyl sites for hydroxylation is 7. The molecule has 0 saturated heterocycles. The smallest absolute Gasteiger partial charge is 0.298 e. The second-order valence-corrected chi connectivity index (χ2v) is 20.6. The second kappa shape index (κ2) is 17.6. The van der Waals surface area contributed by atoms with E-state index in [0.717, 1.165) is 51.1 Å². The van der Waals surface area contributed by atoms with Gasteiger partial charge in [-0.3, -0.25) is 13.7 Å². The van der Waals surface area contributed by atoms with Crippen LogP contribution in [0.3, 0.4) is 0 Å². The van der Waals surface area contributed by atoms with Crippen molar-refractivity contribution in [2.45, 2.75) is 95.4 Å². The van der Waals surface area contributed by atoms with E-state index in [0.29, 0.717) is 29.5 Å². The summed E-state index contributed by atoms with van der Waals surface area (Å²) in [6.07, 6.45) is 0.998. The van der Waals surface area contributed by atoms with E-state index in [9.17, 15) is 49.1 Å². The molecule has 0 aromatic heterocycles. The first-order valence-corrected chi connectivity index (χ1v) is 24.3. The molecule has 0 fully saturated rings. The first-order chi connectivity index (χ1) is 29.3. The standard InChI is InChI=1S/C48H51NO11S3/c1-26-15-27(2)41(28(3)16-26)20-34-9-12-38(30(5)18-34)47(39-13-10-35(19-31(39)6)21-42-29(4)17-32(7)48(33(42)8)63(58,59)60)40-14-11-37(23-45(40)61(52,53)54)49-43-24-46(62(55,56)57)44(51)22-36(43)25-50/h9-19,22-24,47,49-51H,20-21,25H2,1-8H3,(H,52,53,54)(H,55,56,57)(H,58,59,60). The molecular formula is C48H51NO11S3. The van der Waals surface area contributed by atoms with Gasteiger partial charge in [-0.2, -0.15) is 25.3 Å². The Kier molecular flexibility index (Phi) is 13.2. The van der Waals surface area contributed by atoms with Crippen LogP contribution in [0.5, 0.6) is 5.75 Å². The third kappa shape index (κ3) is 10.0. The van der Waals surface area contributed by atoms with Gasteiger partial charge in [0.25, 0.3) is 30.4 Å². The lowest BCUT2D eigenvalue weighted by molar-refractivity contribution is 0.281. The maximum Gasteiger partial charge on any atom is 0.298 e. The number of hydrogen-bond acceptors (Lipinski definition) is 9. The van der Waals surface area contributed by atoms with Crippen LogP contribution >= 0.6 is 0 Å². The molecule has 0 aliphatic carbocycles. The molecule has 6 aromatic carbocycles. The Labute approximate surface area is 369 Å². The number of hydrogen-bond donors (Lipinski definition) is 6. The Morgan fingerprint density at radius 3 is 1.52 bits per heavy atom. The van der Waals surface area contributed by atoms with Crippen LogP contribution in [0.4, 0.5) is 11.4 Å². The van der Waals surface area contributed by atoms with Crippen molar-refractivity contribution in [2.75, 3.05) is 5.32 Å². The molecule has 332 valence electrons. The van der Waals surface area contributed by atoms with Crippen LogP contribution < -0.4 is 5.32 Å². The molecule has 0 bridgehead atoms. The van der Waals surface area contributed by atoms with Crippen LogP contribution in [0.1, 0.15) is 94.9 Å². The first-order valence-electron chi connectivity index (χ1n) is 19.9. The highest BCUT2D eigenvalue weighted by molar-refractivity contribution is 7.86. The molecule has 1 atom stereocenters. The Bertz CT molecular complexity index is 3140. The van der Waals surface area contributed by atoms with Crippen molar-refractivity contribution in [1.82, 2.24) is 0 Å². The molecule has 1 unspecified atom stereocenters. The predicted molar refractivity (Wildman–Crippen MR) is 243 cm³/mol. The zero-order valence-electron chi connectivity index (χ0n) is 36.2. The molecule has 6 aromatic rings. The quantitative estimate of drug-likeness (QED) is 0.0363. The summed E-state index contributed by atoms with van der Waals surface area (Å²) in [6.45, 7) is 14.6. The average molecular weight is 914 g/mol. The normalized spacial score (nSPS) is 12.7. The lowest BCUT2D eigenvalue weighted by atomic mass is 9.79. The molecule has 0 saturated carbocycles. The minimum atomic E-state index is -4.96. The van der Waals surface area contributed by atoms with Crippen molar-refractivity contribution >= 4 is 41.7 Å². The van der Waals surface area contributed by atoms with Gasteiger partial charge in [-0.15, -0.1) is 0 Å². The molecule has 15 heteroatoms. The average Bonchev–Trinajstić information content (AvgIpc) is 3.15. The van der Waals surface area contributed by atoms with Crippen molar-refractivity contribution in [3.8, 4) is 5.75 Å². The third-order valence-corrected chi connectivity index (χ3v) is 14.7. The van der Waals surface area contributed by atoms with Gasteiger partial charge in [-0.1, -0.05) is 66.2 Å². The molecular weight excluding hydrogens is 863 g/mol. The molecule has 0 aliphatic rings. The summed E-state index contributed by atoms with van der Waals surface area (Å²) < 4.78 is 106. The molecule has 6 N–H and O–H groups in total. The minimum absolute atomic E-state index is 0.0305. The number of benzene rings is 6. The van der Waals surface area contributed by atoms with E-state index in [4.69, 9.17) is 0 Å². The maximum atomic E-state index is 13.4. The van der Waals surface area contributed by atoms with Crippen LogP contribution in [-0.2, 0) is 49.8 Å². The highest BCUT2D eigenvalue weighted by atomic mass is 32.2. The van der Waals surface area contributed by atoms with E-state index < -0.39 is 58.4 Å². The summed E-state index contributed by atoms with van der Waals surface area (Å²) in [4.78, 5) is -1.43. The van der Waals surface area contributed by atoms with Gasteiger partial charge in [-0.25, -0.2) is 0 Å². The number of phenolic OH excluding ortho intramolecular Hbond substituents is 1. The number of anilines is 2. The van der Waals surface area contributed by atoms with Crippen molar-refractivity contribution in [3.05, 3.63) is 174 Å². The van der Waals surface area contributed by atoms with Gasteiger partial charge in [0.1, 0.15) is 15.5 Å². The SMILES string of the molecule is Cc1cc(C)c(Cc2ccc(C(c3ccc(Cc4c(C)cc(C)c(S(=O)(=O)O)c4C)cc3C)c3ccc(Nc4cc(S(=O)(=O)O)c(O)cc4CO)cc3S(=O)(=O)O)c(C)c2)c(C)c1. The van der Waals surface area contributed by atoms with Gasteiger partial charge in [-0.05, 0) is 170 Å². The number of aliphatic hydroxyl groups excluding tert-OH is 1. The fourth-order valence-corrected chi connectivity index (χ4v) is 11.2. The first kappa shape index (κ1) is 47.1. The molecule has 12 nitrogen and oxygen atoms in total. The molecule has 0 spiro atoms. The van der Waals surface area contributed by atoms with Crippen molar-refractivity contribution in [1.29, 1.82) is 0 Å². The topological polar surface area (TPSA) is 216 Å². The van der Waals surface area contributed by atoms with E-state index in [1.165, 1.54) is 40.5 Å². The van der Waals surface area contributed by atoms with E-state index >= 15 is 0 Å². The van der Waals surface area contributed by atoms with Crippen LogP contribution in [0, 0.1) is 55.4 Å². The molecule has 0 radical (unpaired) electrons. The number of aromatic hydroxyl groups is 1. The summed E-state index contributed by atoms with van der Waals surface area (Å²) in [5, 5.41) is 23.1. The van der Waals surface area contributed by atoms with Crippen molar-refractivity contribution in [3.63, 3.8) is 0 Å². The third-order valence-electron chi connectivity index (χ3n) is 11.7. The maximum absolute atomic E-state index is 13.4. The molecule has 0 aliphatic heterocycles. The summed E-state index contributed by atoms with van der Waals surface area (Å²) in [6, 6.07) is 23.9. The zero-order valence-corrected chi connectivity index (χ0v) is 38.6. The summed E-state index contributed by atoms with van der Waals surface area (Å²) in [7, 11) is -14.4. The van der Waals surface area contributed by atoms with Crippen LogP contribution in [0.2, 0.25) is 0 Å². The van der Waals surface area contributed by atoms with Crippen LogP contribution in [-0.4, -0.2) is 49.1 Å². The highest BCUT2D eigenvalue weighted by Gasteiger charge is 2.29. The van der Waals surface area contributed by atoms with Crippen molar-refractivity contribution in [2.24, 2.45) is 0 Å². The van der Waals surface area contributed by atoms with Gasteiger partial charge in [0, 0.05) is 22.9 Å². The van der Waals surface area contributed by atoms with Gasteiger partial charge >= 0.3 is 0 Å². The number of aliphatic hydroxyl groups is 1. The van der Waals surface area contributed by atoms with E-state index in [1.54, 1.807) is 19.9 Å². The van der Waals surface area contributed by atoms with Gasteiger partial charge in [0.05, 0.1) is 11.5 Å². The molecule has 6 rings (SSSR count). The Morgan fingerprint density at radius 2 is 1.03 bits per heavy atom. The van der Waals surface area contributed by atoms with E-state index in [-0.39, 0.29) is 27.4 Å². The molecule has 0 amide bonds. The zero-order chi connectivity index (χ0) is 46.5. The summed E-state index contributed by atoms with van der Waals surface area (Å²) >= 11 is 0. The predicted octanol–water partition coefficient (Wildman–Crippen LogP) is 9.20. The van der Waals surface area contributed by atoms with Gasteiger partial charge in [0.15, 0.2) is 0 Å². The number of rotatable bonds is 13. The monoisotopic (exact) mass is 913 g/mol. The fourth-order valence-electron chi connectivity index (χ4n) is 8.91.